The molecule has 2 unspecified atom stereocenters. The van der Waals surface area contributed by atoms with Crippen LogP contribution in [0.1, 0.15) is 38.2 Å². The van der Waals surface area contributed by atoms with Gasteiger partial charge in [-0.15, -0.1) is 0 Å². The Hall–Kier alpha value is -2.73. The van der Waals surface area contributed by atoms with Crippen molar-refractivity contribution in [3.05, 3.63) is 60.2 Å². The first-order chi connectivity index (χ1) is 14.1. The van der Waals surface area contributed by atoms with Gasteiger partial charge in [-0.2, -0.15) is 0 Å². The number of hydrogen-bond donors (Lipinski definition) is 1. The van der Waals surface area contributed by atoms with Gasteiger partial charge in [0.2, 0.25) is 5.91 Å². The lowest BCUT2D eigenvalue weighted by atomic mass is 9.88. The Balaban J connectivity index is 1.43. The predicted octanol–water partition coefficient (Wildman–Crippen LogP) is 4.74. The van der Waals surface area contributed by atoms with Gasteiger partial charge in [-0.3, -0.25) is 9.78 Å². The Labute approximate surface area is 170 Å². The van der Waals surface area contributed by atoms with Gasteiger partial charge in [0, 0.05) is 18.8 Å². The molecule has 0 bridgehead atoms. The molecular formula is C23H27FN2O3. The van der Waals surface area contributed by atoms with E-state index in [1.807, 2.05) is 0 Å². The molecule has 2 atom stereocenters. The maximum Gasteiger partial charge on any atom is 0.244 e. The molecular weight excluding hydrogens is 371 g/mol. The lowest BCUT2D eigenvalue weighted by Gasteiger charge is -2.28. The van der Waals surface area contributed by atoms with Crippen molar-refractivity contribution >= 4 is 12.0 Å². The first-order valence-corrected chi connectivity index (χ1v) is 10.1. The van der Waals surface area contributed by atoms with Gasteiger partial charge in [-0.25, -0.2) is 4.39 Å². The molecule has 2 aromatic rings. The number of hydrogen-bond acceptors (Lipinski definition) is 4. The number of amides is 1. The van der Waals surface area contributed by atoms with E-state index in [0.717, 1.165) is 6.42 Å². The van der Waals surface area contributed by atoms with Crippen molar-refractivity contribution in [3.8, 4) is 11.5 Å². The van der Waals surface area contributed by atoms with E-state index in [9.17, 15) is 9.18 Å². The van der Waals surface area contributed by atoms with Crippen LogP contribution in [0.15, 0.2) is 48.8 Å². The number of nitrogens with one attached hydrogen (secondary N) is 1. The van der Waals surface area contributed by atoms with E-state index in [1.54, 1.807) is 30.5 Å². The highest BCUT2D eigenvalue weighted by Crippen LogP contribution is 2.26. The van der Waals surface area contributed by atoms with Gasteiger partial charge in [0.25, 0.3) is 0 Å². The number of rotatable bonds is 8. The largest absolute Gasteiger partial charge is 0.453 e. The molecule has 0 radical (unpaired) electrons. The fourth-order valence-electron chi connectivity index (χ4n) is 3.38. The minimum absolute atomic E-state index is 0.105. The maximum atomic E-state index is 14.2. The number of pyridine rings is 1. The molecule has 1 aromatic heterocycles. The van der Waals surface area contributed by atoms with E-state index >= 15 is 0 Å². The minimum atomic E-state index is -0.508. The molecule has 0 aliphatic heterocycles. The summed E-state index contributed by atoms with van der Waals surface area (Å²) in [5.41, 5.74) is 0.573. The number of halogens is 1. The monoisotopic (exact) mass is 398 g/mol. The van der Waals surface area contributed by atoms with Crippen LogP contribution < -0.4 is 10.1 Å². The van der Waals surface area contributed by atoms with Crippen molar-refractivity contribution in [1.29, 1.82) is 0 Å². The van der Waals surface area contributed by atoms with Crippen LogP contribution in [0.4, 0.5) is 4.39 Å². The van der Waals surface area contributed by atoms with Crippen molar-refractivity contribution in [2.75, 3.05) is 13.2 Å². The highest BCUT2D eigenvalue weighted by atomic mass is 19.1. The third kappa shape index (κ3) is 6.68. The third-order valence-electron chi connectivity index (χ3n) is 5.01. The average molecular weight is 398 g/mol. The van der Waals surface area contributed by atoms with Gasteiger partial charge >= 0.3 is 0 Å². The molecule has 3 rings (SSSR count). The Kier molecular flexibility index (Phi) is 7.76. The van der Waals surface area contributed by atoms with E-state index < -0.39 is 5.82 Å². The van der Waals surface area contributed by atoms with Gasteiger partial charge in [0.1, 0.15) is 5.75 Å². The van der Waals surface area contributed by atoms with Crippen molar-refractivity contribution in [2.45, 2.75) is 38.7 Å². The zero-order chi connectivity index (χ0) is 20.5. The summed E-state index contributed by atoms with van der Waals surface area (Å²) in [5, 5.41) is 2.79. The van der Waals surface area contributed by atoms with Gasteiger partial charge in [-0.05, 0) is 54.7 Å². The van der Waals surface area contributed by atoms with E-state index in [0.29, 0.717) is 36.5 Å². The molecule has 154 valence electrons. The van der Waals surface area contributed by atoms with Crippen molar-refractivity contribution in [3.63, 3.8) is 0 Å². The molecule has 29 heavy (non-hydrogen) atoms. The van der Waals surface area contributed by atoms with Crippen LogP contribution in [0.25, 0.3) is 6.08 Å². The summed E-state index contributed by atoms with van der Waals surface area (Å²) in [7, 11) is 0. The second-order valence-electron chi connectivity index (χ2n) is 7.28. The summed E-state index contributed by atoms with van der Waals surface area (Å²) in [6.45, 7) is 3.18. The standard InChI is InChI=1S/C23H27FN2O3/c1-17-5-2-3-7-21(17)28-14-13-26-23(27)11-9-18-8-10-22(20(24)15-18)29-19-6-4-12-25-16-19/h4,6,8-12,15-17,21H,2-3,5,7,13-14H2,1H3,(H,26,27)/b11-9+. The second kappa shape index (κ2) is 10.7. The number of carbonyl (C=O) groups excluding carboxylic acids is 1. The first-order valence-electron chi connectivity index (χ1n) is 10.1. The molecule has 1 N–H and O–H groups in total. The number of aromatic nitrogens is 1. The van der Waals surface area contributed by atoms with E-state index in [1.165, 1.54) is 43.7 Å². The van der Waals surface area contributed by atoms with Gasteiger partial charge in [0.05, 0.1) is 18.9 Å². The Morgan fingerprint density at radius 2 is 2.17 bits per heavy atom. The highest BCUT2D eigenvalue weighted by Gasteiger charge is 2.21. The highest BCUT2D eigenvalue weighted by molar-refractivity contribution is 5.91. The molecule has 1 fully saturated rings. The Morgan fingerprint density at radius 1 is 1.31 bits per heavy atom. The van der Waals surface area contributed by atoms with Crippen molar-refractivity contribution in [2.24, 2.45) is 5.92 Å². The SMILES string of the molecule is CC1CCCCC1OCCNC(=O)/C=C/c1ccc(Oc2cccnc2)c(F)c1. The fraction of sp³-hybridized carbons (Fsp3) is 0.391. The lowest BCUT2D eigenvalue weighted by molar-refractivity contribution is -0.116. The molecule has 0 spiro atoms. The quantitative estimate of drug-likeness (QED) is 0.515. The molecule has 0 saturated heterocycles. The molecule has 1 amide bonds. The maximum absolute atomic E-state index is 14.2. The zero-order valence-corrected chi connectivity index (χ0v) is 16.6. The van der Waals surface area contributed by atoms with Crippen LogP contribution in [-0.2, 0) is 9.53 Å². The van der Waals surface area contributed by atoms with Crippen LogP contribution in [0, 0.1) is 11.7 Å². The van der Waals surface area contributed by atoms with Gasteiger partial charge in [-0.1, -0.05) is 25.8 Å². The summed E-state index contributed by atoms with van der Waals surface area (Å²) < 4.78 is 25.6. The molecule has 5 nitrogen and oxygen atoms in total. The normalized spacial score (nSPS) is 19.2. The molecule has 1 aromatic carbocycles. The summed E-state index contributed by atoms with van der Waals surface area (Å²) in [6.07, 6.45) is 11.2. The molecule has 1 saturated carbocycles. The molecule has 1 heterocycles. The zero-order valence-electron chi connectivity index (χ0n) is 16.6. The van der Waals surface area contributed by atoms with E-state index in [-0.39, 0.29) is 11.7 Å². The summed E-state index contributed by atoms with van der Waals surface area (Å²) in [6, 6.07) is 7.95. The molecule has 1 aliphatic rings. The summed E-state index contributed by atoms with van der Waals surface area (Å²) in [4.78, 5) is 15.9. The predicted molar refractivity (Wildman–Crippen MR) is 110 cm³/mol. The smallest absolute Gasteiger partial charge is 0.244 e. The van der Waals surface area contributed by atoms with Crippen LogP contribution in [0.2, 0.25) is 0 Å². The van der Waals surface area contributed by atoms with E-state index in [2.05, 4.69) is 17.2 Å². The van der Waals surface area contributed by atoms with Crippen molar-refractivity contribution < 1.29 is 18.7 Å². The summed E-state index contributed by atoms with van der Waals surface area (Å²) >= 11 is 0. The van der Waals surface area contributed by atoms with E-state index in [4.69, 9.17) is 9.47 Å². The third-order valence-corrected chi connectivity index (χ3v) is 5.01. The summed E-state index contributed by atoms with van der Waals surface area (Å²) in [5.74, 6) is 0.403. The average Bonchev–Trinajstić information content (AvgIpc) is 2.73. The van der Waals surface area contributed by atoms with Gasteiger partial charge < -0.3 is 14.8 Å². The fourth-order valence-corrected chi connectivity index (χ4v) is 3.38. The molecule has 1 aliphatic carbocycles. The number of ether oxygens (including phenoxy) is 2. The lowest BCUT2D eigenvalue weighted by Crippen LogP contribution is -2.31. The van der Waals surface area contributed by atoms with Crippen LogP contribution >= 0.6 is 0 Å². The minimum Gasteiger partial charge on any atom is -0.453 e. The van der Waals surface area contributed by atoms with Crippen molar-refractivity contribution in [1.82, 2.24) is 10.3 Å². The molecule has 6 heteroatoms. The van der Waals surface area contributed by atoms with Crippen LogP contribution in [0.3, 0.4) is 0 Å². The van der Waals surface area contributed by atoms with Crippen LogP contribution in [-0.4, -0.2) is 30.1 Å². The topological polar surface area (TPSA) is 60.5 Å². The van der Waals surface area contributed by atoms with Crippen LogP contribution in [0.5, 0.6) is 11.5 Å². The van der Waals surface area contributed by atoms with Gasteiger partial charge in [0.15, 0.2) is 11.6 Å². The first kappa shape index (κ1) is 21.0. The second-order valence-corrected chi connectivity index (χ2v) is 7.28. The number of nitrogens with zero attached hydrogens (tertiary/aromatic N) is 1. The number of carbonyl (C=O) groups is 1. The Bertz CT molecular complexity index is 826. The Morgan fingerprint density at radius 3 is 2.93 bits per heavy atom. The number of benzene rings is 1.